The summed E-state index contributed by atoms with van der Waals surface area (Å²) in [6.07, 6.45) is 1.41. The Hall–Kier alpha value is -3.40. The molecule has 1 N–H and O–H groups in total. The lowest BCUT2D eigenvalue weighted by atomic mass is 10.2. The standard InChI is InChI=1S/C20H24N6O4/c1-13(26-12-21-17-16(26)19(28)24(3)20(29)23(17)2)18(27)22-14-4-6-15(7-5-14)25-8-10-30-11-9-25/h4-7,12-13H,8-11H2,1-3H3,(H,22,27)/t13-/m0/s1. The van der Waals surface area contributed by atoms with Crippen LogP contribution in [-0.2, 0) is 23.6 Å². The monoisotopic (exact) mass is 412 g/mol. The van der Waals surface area contributed by atoms with Gasteiger partial charge in [0, 0.05) is 38.6 Å². The predicted molar refractivity (Wildman–Crippen MR) is 113 cm³/mol. The molecule has 0 aliphatic carbocycles. The largest absolute Gasteiger partial charge is 0.378 e. The zero-order valence-corrected chi connectivity index (χ0v) is 17.2. The normalized spacial score (nSPS) is 15.4. The number of hydrogen-bond donors (Lipinski definition) is 1. The number of aryl methyl sites for hydroxylation is 1. The molecule has 1 aromatic carbocycles. The molecule has 4 rings (SSSR count). The van der Waals surface area contributed by atoms with Crippen LogP contribution >= 0.6 is 0 Å². The highest BCUT2D eigenvalue weighted by Crippen LogP contribution is 2.21. The zero-order chi connectivity index (χ0) is 21.4. The molecule has 3 heterocycles. The number of imidazole rings is 1. The smallest absolute Gasteiger partial charge is 0.332 e. The Bertz CT molecular complexity index is 1200. The molecule has 0 unspecified atom stereocenters. The maximum absolute atomic E-state index is 12.8. The average Bonchev–Trinajstić information content (AvgIpc) is 3.22. The van der Waals surface area contributed by atoms with E-state index in [-0.39, 0.29) is 17.1 Å². The fourth-order valence-electron chi connectivity index (χ4n) is 3.61. The molecule has 30 heavy (non-hydrogen) atoms. The van der Waals surface area contributed by atoms with Gasteiger partial charge in [0.15, 0.2) is 11.2 Å². The Morgan fingerprint density at radius 2 is 1.77 bits per heavy atom. The molecule has 0 spiro atoms. The Morgan fingerprint density at radius 1 is 1.10 bits per heavy atom. The van der Waals surface area contributed by atoms with Crippen LogP contribution in [0.25, 0.3) is 11.2 Å². The van der Waals surface area contributed by atoms with Crippen molar-refractivity contribution in [1.82, 2.24) is 18.7 Å². The van der Waals surface area contributed by atoms with E-state index in [0.717, 1.165) is 23.3 Å². The molecule has 0 saturated carbocycles. The number of nitrogens with one attached hydrogen (secondary N) is 1. The molecule has 10 heteroatoms. The van der Waals surface area contributed by atoms with Crippen LogP contribution in [0.1, 0.15) is 13.0 Å². The number of ether oxygens (including phenoxy) is 1. The molecular weight excluding hydrogens is 388 g/mol. The summed E-state index contributed by atoms with van der Waals surface area (Å²) in [5.74, 6) is -0.288. The Kier molecular flexibility index (Phi) is 5.17. The van der Waals surface area contributed by atoms with Crippen LogP contribution in [-0.4, -0.2) is 50.9 Å². The van der Waals surface area contributed by atoms with Crippen LogP contribution in [0.4, 0.5) is 11.4 Å². The fourth-order valence-corrected chi connectivity index (χ4v) is 3.61. The van der Waals surface area contributed by atoms with Crippen molar-refractivity contribution in [3.8, 4) is 0 Å². The Labute approximate surface area is 172 Å². The quantitative estimate of drug-likeness (QED) is 0.668. The number of amides is 1. The molecule has 1 aliphatic rings. The van der Waals surface area contributed by atoms with Crippen LogP contribution in [0.5, 0.6) is 0 Å². The molecule has 1 saturated heterocycles. The minimum atomic E-state index is -0.695. The van der Waals surface area contributed by atoms with E-state index in [1.54, 1.807) is 14.0 Å². The summed E-state index contributed by atoms with van der Waals surface area (Å²) in [5, 5.41) is 2.88. The minimum absolute atomic E-state index is 0.213. The van der Waals surface area contributed by atoms with E-state index in [0.29, 0.717) is 18.9 Å². The highest BCUT2D eigenvalue weighted by Gasteiger charge is 2.22. The van der Waals surface area contributed by atoms with E-state index in [2.05, 4.69) is 15.2 Å². The molecule has 3 aromatic rings. The van der Waals surface area contributed by atoms with Gasteiger partial charge in [0.1, 0.15) is 6.04 Å². The van der Waals surface area contributed by atoms with E-state index in [1.807, 2.05) is 24.3 Å². The Balaban J connectivity index is 1.56. The second-order valence-electron chi connectivity index (χ2n) is 7.34. The van der Waals surface area contributed by atoms with Crippen LogP contribution in [0.2, 0.25) is 0 Å². The van der Waals surface area contributed by atoms with Gasteiger partial charge in [0.05, 0.1) is 19.5 Å². The van der Waals surface area contributed by atoms with Crippen LogP contribution in [0.15, 0.2) is 40.2 Å². The van der Waals surface area contributed by atoms with Crippen molar-refractivity contribution < 1.29 is 9.53 Å². The van der Waals surface area contributed by atoms with Gasteiger partial charge in [-0.3, -0.25) is 18.7 Å². The van der Waals surface area contributed by atoms with Crippen molar-refractivity contribution >= 4 is 28.4 Å². The van der Waals surface area contributed by atoms with Gasteiger partial charge in [-0.05, 0) is 31.2 Å². The molecule has 0 radical (unpaired) electrons. The van der Waals surface area contributed by atoms with E-state index < -0.39 is 17.3 Å². The van der Waals surface area contributed by atoms with E-state index in [9.17, 15) is 14.4 Å². The van der Waals surface area contributed by atoms with Crippen LogP contribution < -0.4 is 21.5 Å². The van der Waals surface area contributed by atoms with Crippen LogP contribution in [0.3, 0.4) is 0 Å². The number of carbonyl (C=O) groups is 1. The molecular formula is C20H24N6O4. The summed E-state index contributed by atoms with van der Waals surface area (Å²) in [4.78, 5) is 43.9. The molecule has 158 valence electrons. The highest BCUT2D eigenvalue weighted by atomic mass is 16.5. The SMILES string of the molecule is C[C@@H](C(=O)Nc1ccc(N2CCOCC2)cc1)n1cnc2c1c(=O)n(C)c(=O)n2C. The summed E-state index contributed by atoms with van der Waals surface area (Å²) in [5.41, 5.74) is 1.25. The molecule has 2 aromatic heterocycles. The number of nitrogens with zero attached hydrogens (tertiary/aromatic N) is 5. The minimum Gasteiger partial charge on any atom is -0.378 e. The topological polar surface area (TPSA) is 103 Å². The first kappa shape index (κ1) is 19.9. The number of aromatic nitrogens is 4. The number of benzene rings is 1. The number of carbonyl (C=O) groups excluding carboxylic acids is 1. The van der Waals surface area contributed by atoms with Gasteiger partial charge in [-0.2, -0.15) is 0 Å². The summed E-state index contributed by atoms with van der Waals surface area (Å²) >= 11 is 0. The Morgan fingerprint density at radius 3 is 2.43 bits per heavy atom. The van der Waals surface area contributed by atoms with Crippen molar-refractivity contribution in [3.63, 3.8) is 0 Å². The molecule has 1 aliphatic heterocycles. The van der Waals surface area contributed by atoms with Gasteiger partial charge in [0.2, 0.25) is 5.91 Å². The van der Waals surface area contributed by atoms with Gasteiger partial charge in [-0.25, -0.2) is 9.78 Å². The lowest BCUT2D eigenvalue weighted by molar-refractivity contribution is -0.118. The third kappa shape index (κ3) is 3.39. The first-order chi connectivity index (χ1) is 14.4. The number of rotatable bonds is 4. The number of fused-ring (bicyclic) bond motifs is 1. The maximum Gasteiger partial charge on any atom is 0.332 e. The maximum atomic E-state index is 12.8. The highest BCUT2D eigenvalue weighted by molar-refractivity contribution is 5.94. The predicted octanol–water partition coefficient (Wildman–Crippen LogP) is 0.470. The van der Waals surface area contributed by atoms with Crippen molar-refractivity contribution in [2.75, 3.05) is 36.5 Å². The number of morpholine rings is 1. The van der Waals surface area contributed by atoms with Gasteiger partial charge in [-0.15, -0.1) is 0 Å². The molecule has 10 nitrogen and oxygen atoms in total. The van der Waals surface area contributed by atoms with Gasteiger partial charge < -0.3 is 19.5 Å². The lowest BCUT2D eigenvalue weighted by Gasteiger charge is -2.29. The first-order valence-corrected chi connectivity index (χ1v) is 9.74. The molecule has 0 bridgehead atoms. The number of hydrogen-bond acceptors (Lipinski definition) is 6. The van der Waals surface area contributed by atoms with E-state index in [1.165, 1.54) is 22.5 Å². The third-order valence-electron chi connectivity index (χ3n) is 5.48. The molecule has 1 fully saturated rings. The van der Waals surface area contributed by atoms with Crippen LogP contribution in [0, 0.1) is 0 Å². The summed E-state index contributed by atoms with van der Waals surface area (Å²) < 4.78 is 9.17. The molecule has 1 atom stereocenters. The van der Waals surface area contributed by atoms with Gasteiger partial charge >= 0.3 is 5.69 Å². The van der Waals surface area contributed by atoms with E-state index in [4.69, 9.17) is 4.74 Å². The van der Waals surface area contributed by atoms with E-state index >= 15 is 0 Å². The summed E-state index contributed by atoms with van der Waals surface area (Å²) in [6.45, 7) is 4.78. The van der Waals surface area contributed by atoms with Gasteiger partial charge in [-0.1, -0.05) is 0 Å². The first-order valence-electron chi connectivity index (χ1n) is 9.74. The lowest BCUT2D eigenvalue weighted by Crippen LogP contribution is -2.38. The van der Waals surface area contributed by atoms with Crippen molar-refractivity contribution in [2.45, 2.75) is 13.0 Å². The zero-order valence-electron chi connectivity index (χ0n) is 17.2. The van der Waals surface area contributed by atoms with Crippen molar-refractivity contribution in [3.05, 3.63) is 51.4 Å². The van der Waals surface area contributed by atoms with Gasteiger partial charge in [0.25, 0.3) is 5.56 Å². The molecule has 1 amide bonds. The fraction of sp³-hybridized carbons (Fsp3) is 0.400. The average molecular weight is 412 g/mol. The second kappa shape index (κ2) is 7.79. The van der Waals surface area contributed by atoms with Crippen molar-refractivity contribution in [2.24, 2.45) is 14.1 Å². The van der Waals surface area contributed by atoms with Crippen molar-refractivity contribution in [1.29, 1.82) is 0 Å². The summed E-state index contributed by atoms with van der Waals surface area (Å²) in [7, 11) is 2.95. The second-order valence-corrected chi connectivity index (χ2v) is 7.34. The third-order valence-corrected chi connectivity index (χ3v) is 5.48. The number of anilines is 2. The summed E-state index contributed by atoms with van der Waals surface area (Å²) in [6, 6.07) is 6.93.